The van der Waals surface area contributed by atoms with Crippen LogP contribution >= 0.6 is 0 Å². The predicted molar refractivity (Wildman–Crippen MR) is 156 cm³/mol. The molecular formula is C33H29FN4O4. The number of amides is 1. The summed E-state index contributed by atoms with van der Waals surface area (Å²) in [5.41, 5.74) is 1.97. The highest BCUT2D eigenvalue weighted by atomic mass is 19.1. The smallest absolute Gasteiger partial charge is 0.279 e. The van der Waals surface area contributed by atoms with E-state index in [4.69, 9.17) is 4.74 Å². The Morgan fingerprint density at radius 1 is 1.07 bits per heavy atom. The zero-order valence-corrected chi connectivity index (χ0v) is 23.2. The highest BCUT2D eigenvalue weighted by molar-refractivity contribution is 6.11. The second kappa shape index (κ2) is 10.7. The molecule has 0 saturated heterocycles. The standard InChI is InChI=1S/C33H29FN4O4/c1-33(2)17-25-29(28(40)18-33)31(22-14-13-21(16-23(22)34)42-19-20-8-4-3-5-9-20)38(32(41)24-10-7-15-35-37-24)26-11-6-12-27(39)30(26)36-25/h3-16,31,36,39H,17-19H2,1-2H3. The van der Waals surface area contributed by atoms with E-state index in [0.29, 0.717) is 17.9 Å². The van der Waals surface area contributed by atoms with Gasteiger partial charge in [0, 0.05) is 35.5 Å². The number of phenols is 1. The fourth-order valence-electron chi connectivity index (χ4n) is 5.66. The van der Waals surface area contributed by atoms with E-state index in [2.05, 4.69) is 15.5 Å². The molecule has 0 radical (unpaired) electrons. The molecule has 0 fully saturated rings. The van der Waals surface area contributed by atoms with Crippen LogP contribution in [0.2, 0.25) is 0 Å². The lowest BCUT2D eigenvalue weighted by atomic mass is 9.73. The lowest BCUT2D eigenvalue weighted by molar-refractivity contribution is -0.118. The van der Waals surface area contributed by atoms with Gasteiger partial charge in [0.05, 0.1) is 11.7 Å². The number of hydrogen-bond donors (Lipinski definition) is 2. The molecule has 6 rings (SSSR count). The minimum atomic E-state index is -1.16. The highest BCUT2D eigenvalue weighted by Crippen LogP contribution is 2.51. The summed E-state index contributed by atoms with van der Waals surface area (Å²) in [6.45, 7) is 4.20. The summed E-state index contributed by atoms with van der Waals surface area (Å²) in [6, 6.07) is 20.6. The summed E-state index contributed by atoms with van der Waals surface area (Å²) in [4.78, 5) is 29.4. The summed E-state index contributed by atoms with van der Waals surface area (Å²) in [5.74, 6) is -1.26. The Bertz CT molecular complexity index is 1710. The Kier molecular flexibility index (Phi) is 6.94. The van der Waals surface area contributed by atoms with Gasteiger partial charge in [0.2, 0.25) is 0 Å². The van der Waals surface area contributed by atoms with Crippen LogP contribution in [0.25, 0.3) is 0 Å². The maximum Gasteiger partial charge on any atom is 0.279 e. The third kappa shape index (κ3) is 5.09. The first kappa shape index (κ1) is 27.1. The van der Waals surface area contributed by atoms with E-state index in [9.17, 15) is 14.7 Å². The zero-order chi connectivity index (χ0) is 29.4. The number of hydrogen-bond acceptors (Lipinski definition) is 7. The van der Waals surface area contributed by atoms with Crippen molar-refractivity contribution in [1.82, 2.24) is 10.2 Å². The van der Waals surface area contributed by atoms with E-state index in [1.54, 1.807) is 30.3 Å². The molecular weight excluding hydrogens is 535 g/mol. The van der Waals surface area contributed by atoms with E-state index in [-0.39, 0.29) is 52.8 Å². The molecule has 42 heavy (non-hydrogen) atoms. The number of phenolic OH excluding ortho intramolecular Hbond substituents is 1. The number of aromatic nitrogens is 2. The molecule has 4 aromatic rings. The number of para-hydroxylation sites is 1. The molecule has 1 aromatic heterocycles. The molecule has 2 N–H and O–H groups in total. The van der Waals surface area contributed by atoms with Crippen LogP contribution in [0.1, 0.15) is 54.3 Å². The van der Waals surface area contributed by atoms with Crippen LogP contribution in [0.4, 0.5) is 15.8 Å². The molecule has 1 unspecified atom stereocenters. The van der Waals surface area contributed by atoms with Crippen molar-refractivity contribution in [2.24, 2.45) is 5.41 Å². The van der Waals surface area contributed by atoms with Crippen molar-refractivity contribution in [3.8, 4) is 11.5 Å². The minimum Gasteiger partial charge on any atom is -0.506 e. The third-order valence-corrected chi connectivity index (χ3v) is 7.53. The molecule has 1 atom stereocenters. The normalized spacial score (nSPS) is 17.5. The molecule has 9 heteroatoms. The number of nitrogens with one attached hydrogen (secondary N) is 1. The van der Waals surface area contributed by atoms with Crippen molar-refractivity contribution in [2.75, 3.05) is 10.2 Å². The summed E-state index contributed by atoms with van der Waals surface area (Å²) in [5, 5.41) is 22.0. The molecule has 1 aliphatic heterocycles. The van der Waals surface area contributed by atoms with E-state index in [0.717, 1.165) is 5.56 Å². The lowest BCUT2D eigenvalue weighted by Gasteiger charge is -2.37. The van der Waals surface area contributed by atoms with Crippen molar-refractivity contribution < 1.29 is 23.8 Å². The van der Waals surface area contributed by atoms with Crippen molar-refractivity contribution >= 4 is 23.1 Å². The Morgan fingerprint density at radius 2 is 1.88 bits per heavy atom. The number of carbonyl (C=O) groups is 2. The lowest BCUT2D eigenvalue weighted by Crippen LogP contribution is -2.40. The Morgan fingerprint density at radius 3 is 2.62 bits per heavy atom. The average molecular weight is 565 g/mol. The van der Waals surface area contributed by atoms with Crippen molar-refractivity contribution in [2.45, 2.75) is 39.3 Å². The second-order valence-electron chi connectivity index (χ2n) is 11.3. The first-order valence-electron chi connectivity index (χ1n) is 13.6. The number of fused-ring (bicyclic) bond motifs is 1. The third-order valence-electron chi connectivity index (χ3n) is 7.53. The number of Topliss-reactive ketones (excluding diaryl/α,β-unsaturated/α-hetero) is 1. The molecule has 212 valence electrons. The van der Waals surface area contributed by atoms with E-state index in [1.165, 1.54) is 29.3 Å². The summed E-state index contributed by atoms with van der Waals surface area (Å²) >= 11 is 0. The number of carbonyl (C=O) groups excluding carboxylic acids is 2. The molecule has 0 bridgehead atoms. The van der Waals surface area contributed by atoms with Gasteiger partial charge in [-0.3, -0.25) is 14.5 Å². The SMILES string of the molecule is CC1(C)CC(=O)C2=C(C1)Nc1c(O)cccc1N(C(=O)c1cccnn1)C2c1ccc(OCc2ccccc2)cc1F. The monoisotopic (exact) mass is 564 g/mol. The van der Waals surface area contributed by atoms with Gasteiger partial charge in [0.25, 0.3) is 5.91 Å². The number of ether oxygens (including phenoxy) is 1. The Balaban J connectivity index is 1.52. The number of ketones is 1. The molecule has 1 amide bonds. The van der Waals surface area contributed by atoms with Gasteiger partial charge in [-0.15, -0.1) is 5.10 Å². The average Bonchev–Trinajstić information content (AvgIpc) is 3.11. The number of halogens is 1. The van der Waals surface area contributed by atoms with Crippen LogP contribution in [0.3, 0.4) is 0 Å². The van der Waals surface area contributed by atoms with Crippen LogP contribution in [0, 0.1) is 11.2 Å². The van der Waals surface area contributed by atoms with E-state index < -0.39 is 23.2 Å². The summed E-state index contributed by atoms with van der Waals surface area (Å²) in [6.07, 6.45) is 2.10. The topological polar surface area (TPSA) is 105 Å². The first-order chi connectivity index (χ1) is 20.2. The van der Waals surface area contributed by atoms with Gasteiger partial charge in [-0.2, -0.15) is 5.10 Å². The van der Waals surface area contributed by atoms with Crippen molar-refractivity contribution in [1.29, 1.82) is 0 Å². The number of anilines is 2. The highest BCUT2D eigenvalue weighted by Gasteiger charge is 2.45. The van der Waals surface area contributed by atoms with Crippen molar-refractivity contribution in [3.63, 3.8) is 0 Å². The molecule has 1 aliphatic carbocycles. The first-order valence-corrected chi connectivity index (χ1v) is 13.6. The zero-order valence-electron chi connectivity index (χ0n) is 23.2. The fourth-order valence-corrected chi connectivity index (χ4v) is 5.66. The van der Waals surface area contributed by atoms with Crippen LogP contribution in [0.5, 0.6) is 11.5 Å². The second-order valence-corrected chi connectivity index (χ2v) is 11.3. The van der Waals surface area contributed by atoms with Gasteiger partial charge in [0.1, 0.15) is 29.6 Å². The Hall–Kier alpha value is -5.05. The number of rotatable bonds is 5. The maximum atomic E-state index is 16.2. The maximum absolute atomic E-state index is 16.2. The van der Waals surface area contributed by atoms with Gasteiger partial charge >= 0.3 is 0 Å². The van der Waals surface area contributed by atoms with Crippen LogP contribution in [-0.4, -0.2) is 27.0 Å². The summed E-state index contributed by atoms with van der Waals surface area (Å²) < 4.78 is 22.0. The van der Waals surface area contributed by atoms with E-state index >= 15 is 4.39 Å². The number of benzene rings is 3. The molecule has 0 spiro atoms. The van der Waals surface area contributed by atoms with Gasteiger partial charge < -0.3 is 15.2 Å². The van der Waals surface area contributed by atoms with Crippen LogP contribution < -0.4 is 15.0 Å². The van der Waals surface area contributed by atoms with Crippen LogP contribution in [0.15, 0.2) is 96.3 Å². The number of nitrogens with zero attached hydrogens (tertiary/aromatic N) is 3. The van der Waals surface area contributed by atoms with Gasteiger partial charge in [-0.05, 0) is 53.8 Å². The largest absolute Gasteiger partial charge is 0.506 e. The quantitative estimate of drug-likeness (QED) is 0.272. The van der Waals surface area contributed by atoms with Crippen molar-refractivity contribution in [3.05, 3.63) is 119 Å². The predicted octanol–water partition coefficient (Wildman–Crippen LogP) is 6.36. The molecule has 3 aromatic carbocycles. The Labute approximate surface area is 242 Å². The number of aromatic hydroxyl groups is 1. The van der Waals surface area contributed by atoms with E-state index in [1.807, 2.05) is 44.2 Å². The fraction of sp³-hybridized carbons (Fsp3) is 0.212. The molecule has 0 saturated carbocycles. The molecule has 8 nitrogen and oxygen atoms in total. The molecule has 2 aliphatic rings. The molecule has 2 heterocycles. The summed E-state index contributed by atoms with van der Waals surface area (Å²) in [7, 11) is 0. The van der Waals surface area contributed by atoms with Gasteiger partial charge in [0.15, 0.2) is 11.5 Å². The number of allylic oxidation sites excluding steroid dienone is 1. The minimum absolute atomic E-state index is 0.00709. The van der Waals surface area contributed by atoms with Gasteiger partial charge in [-0.25, -0.2) is 4.39 Å². The van der Waals surface area contributed by atoms with Gasteiger partial charge in [-0.1, -0.05) is 50.2 Å². The van der Waals surface area contributed by atoms with Crippen LogP contribution in [-0.2, 0) is 11.4 Å².